The van der Waals surface area contributed by atoms with Crippen molar-refractivity contribution >= 4 is 38.0 Å². The van der Waals surface area contributed by atoms with Crippen LogP contribution in [0.15, 0.2) is 40.0 Å². The summed E-state index contributed by atoms with van der Waals surface area (Å²) >= 11 is 1.34. The third-order valence-corrected chi connectivity index (χ3v) is 4.69. The molecule has 0 fully saturated rings. The highest BCUT2D eigenvalue weighted by atomic mass is 32.2. The highest BCUT2D eigenvalue weighted by Gasteiger charge is 2.13. The fourth-order valence-electron chi connectivity index (χ4n) is 1.92. The maximum Gasteiger partial charge on any atom is 0.430 e. The quantitative estimate of drug-likeness (QED) is 0.307. The van der Waals surface area contributed by atoms with Gasteiger partial charge in [-0.15, -0.1) is 4.68 Å². The maximum atomic E-state index is 10.6. The van der Waals surface area contributed by atoms with E-state index in [1.165, 1.54) is 11.3 Å². The van der Waals surface area contributed by atoms with Crippen LogP contribution >= 0.6 is 11.3 Å². The number of aromatic nitrogens is 2. The molecule has 24 heavy (non-hydrogen) atoms. The van der Waals surface area contributed by atoms with E-state index in [9.17, 15) is 13.0 Å². The van der Waals surface area contributed by atoms with Crippen LogP contribution in [0.1, 0.15) is 12.8 Å². The summed E-state index contributed by atoms with van der Waals surface area (Å²) in [4.78, 5) is 2.00. The minimum Gasteiger partial charge on any atom is -0.748 e. The monoisotopic (exact) mass is 369 g/mol. The van der Waals surface area contributed by atoms with Crippen molar-refractivity contribution in [3.63, 3.8) is 0 Å². The van der Waals surface area contributed by atoms with Crippen LogP contribution in [0.3, 0.4) is 0 Å². The molecular formula is C14H19N5O3S2. The Morgan fingerprint density at radius 2 is 1.92 bits per heavy atom. The zero-order valence-electron chi connectivity index (χ0n) is 13.5. The van der Waals surface area contributed by atoms with Crippen molar-refractivity contribution in [2.45, 2.75) is 19.4 Å². The van der Waals surface area contributed by atoms with Gasteiger partial charge in [-0.3, -0.25) is 0 Å². The molecule has 0 N–H and O–H groups in total. The molecule has 1 heterocycles. The second kappa shape index (κ2) is 8.27. The molecule has 0 aliphatic carbocycles. The first-order chi connectivity index (χ1) is 11.3. The zero-order chi connectivity index (χ0) is 17.6. The van der Waals surface area contributed by atoms with Crippen LogP contribution < -0.4 is 9.58 Å². The average Bonchev–Trinajstić information content (AvgIpc) is 2.96. The van der Waals surface area contributed by atoms with Gasteiger partial charge in [-0.1, -0.05) is 5.10 Å². The van der Waals surface area contributed by atoms with Crippen molar-refractivity contribution in [1.82, 2.24) is 5.10 Å². The second-order valence-corrected chi connectivity index (χ2v) is 7.66. The Hall–Kier alpha value is -1.91. The minimum absolute atomic E-state index is 0.305. The molecule has 0 unspecified atom stereocenters. The van der Waals surface area contributed by atoms with Crippen LogP contribution in [-0.4, -0.2) is 37.9 Å². The summed E-state index contributed by atoms with van der Waals surface area (Å²) < 4.78 is 33.4. The molecule has 0 amide bonds. The molecule has 1 aromatic heterocycles. The zero-order valence-corrected chi connectivity index (χ0v) is 15.1. The smallest absolute Gasteiger partial charge is 0.430 e. The molecule has 10 heteroatoms. The standard InChI is InChI=1S/C14H19N5O3S2/c1-18(2)13-7-5-12(6-8-13)16-17-14-19(15-11-23-14)9-3-4-10-24(20,21)22/h5-8,11H,3-4,9-10H2,1-2H3. The lowest BCUT2D eigenvalue weighted by atomic mass is 10.3. The average molecular weight is 369 g/mol. The third kappa shape index (κ3) is 5.95. The van der Waals surface area contributed by atoms with Crippen LogP contribution in [0.2, 0.25) is 0 Å². The Morgan fingerprint density at radius 1 is 1.21 bits per heavy atom. The molecule has 2 aromatic rings. The van der Waals surface area contributed by atoms with Crippen molar-refractivity contribution in [3.05, 3.63) is 29.8 Å². The van der Waals surface area contributed by atoms with Gasteiger partial charge in [-0.2, -0.15) is 0 Å². The predicted octanol–water partition coefficient (Wildman–Crippen LogP) is 2.24. The number of anilines is 1. The number of benzene rings is 1. The first-order valence-electron chi connectivity index (χ1n) is 7.31. The topological polar surface area (TPSA) is 102 Å². The summed E-state index contributed by atoms with van der Waals surface area (Å²) in [5.74, 6) is -0.354. The van der Waals surface area contributed by atoms with Crippen molar-refractivity contribution in [2.75, 3.05) is 24.7 Å². The SMILES string of the molecule is CN(C)c1ccc(N=Nc2scn[n+]2CCCCS(=O)(=O)[O-])cc1. The summed E-state index contributed by atoms with van der Waals surface area (Å²) in [5.41, 5.74) is 3.46. The molecule has 0 bridgehead atoms. The lowest BCUT2D eigenvalue weighted by Gasteiger charge is -2.11. The number of rotatable bonds is 8. The number of unbranched alkanes of at least 4 members (excludes halogenated alkanes) is 1. The van der Waals surface area contributed by atoms with Gasteiger partial charge in [-0.05, 0) is 53.6 Å². The maximum absolute atomic E-state index is 10.6. The summed E-state index contributed by atoms with van der Waals surface area (Å²) in [6.45, 7) is 0.493. The Morgan fingerprint density at radius 3 is 2.54 bits per heavy atom. The summed E-state index contributed by atoms with van der Waals surface area (Å²) in [5, 5.41) is 13.1. The van der Waals surface area contributed by atoms with E-state index in [2.05, 4.69) is 15.3 Å². The highest BCUT2D eigenvalue weighted by molar-refractivity contribution is 7.85. The van der Waals surface area contributed by atoms with Crippen molar-refractivity contribution in [1.29, 1.82) is 0 Å². The summed E-state index contributed by atoms with van der Waals surface area (Å²) in [6.07, 6.45) is 0.842. The molecule has 0 spiro atoms. The Labute approximate surface area is 145 Å². The number of azo groups is 1. The Bertz CT molecular complexity index is 785. The fourth-order valence-corrected chi connectivity index (χ4v) is 3.09. The largest absolute Gasteiger partial charge is 0.748 e. The number of aryl methyl sites for hydroxylation is 1. The van der Waals surface area contributed by atoms with E-state index in [0.717, 1.165) is 11.4 Å². The van der Waals surface area contributed by atoms with Gasteiger partial charge in [0.2, 0.25) is 0 Å². The van der Waals surface area contributed by atoms with E-state index < -0.39 is 10.1 Å². The first kappa shape index (κ1) is 18.4. The second-order valence-electron chi connectivity index (χ2n) is 5.32. The van der Waals surface area contributed by atoms with Gasteiger partial charge in [0.1, 0.15) is 17.7 Å². The van der Waals surface area contributed by atoms with Crippen molar-refractivity contribution in [2.24, 2.45) is 10.2 Å². The predicted molar refractivity (Wildman–Crippen MR) is 91.1 cm³/mol. The summed E-state index contributed by atoms with van der Waals surface area (Å²) in [6, 6.07) is 7.67. The Kier molecular flexibility index (Phi) is 6.35. The minimum atomic E-state index is -4.15. The van der Waals surface area contributed by atoms with Gasteiger partial charge in [0.15, 0.2) is 0 Å². The van der Waals surface area contributed by atoms with Crippen LogP contribution in [0.25, 0.3) is 0 Å². The molecule has 0 saturated heterocycles. The number of nitrogens with zero attached hydrogens (tertiary/aromatic N) is 5. The normalized spacial score (nSPS) is 12.0. The molecule has 2 rings (SSSR count). The van der Waals surface area contributed by atoms with Gasteiger partial charge >= 0.3 is 5.13 Å². The van der Waals surface area contributed by atoms with E-state index in [-0.39, 0.29) is 5.75 Å². The van der Waals surface area contributed by atoms with Crippen molar-refractivity contribution < 1.29 is 17.7 Å². The van der Waals surface area contributed by atoms with E-state index >= 15 is 0 Å². The lowest BCUT2D eigenvalue weighted by molar-refractivity contribution is -0.737. The first-order valence-corrected chi connectivity index (χ1v) is 9.77. The van der Waals surface area contributed by atoms with Crippen LogP contribution in [-0.2, 0) is 16.7 Å². The summed E-state index contributed by atoms with van der Waals surface area (Å²) in [7, 11) is -0.220. The molecule has 1 aromatic carbocycles. The molecule has 0 saturated carbocycles. The molecule has 0 atom stereocenters. The molecule has 130 valence electrons. The van der Waals surface area contributed by atoms with Gasteiger partial charge in [0, 0.05) is 25.5 Å². The van der Waals surface area contributed by atoms with Crippen molar-refractivity contribution in [3.8, 4) is 0 Å². The van der Waals surface area contributed by atoms with Crippen LogP contribution in [0, 0.1) is 0 Å². The molecule has 0 aliphatic heterocycles. The van der Waals surface area contributed by atoms with Gasteiger partial charge in [-0.25, -0.2) is 8.42 Å². The van der Waals surface area contributed by atoms with Gasteiger partial charge < -0.3 is 9.45 Å². The Balaban J connectivity index is 1.94. The third-order valence-electron chi connectivity index (χ3n) is 3.20. The molecule has 0 radical (unpaired) electrons. The fraction of sp³-hybridized carbons (Fsp3) is 0.429. The van der Waals surface area contributed by atoms with Crippen LogP contribution in [0.5, 0.6) is 0 Å². The number of hydrogen-bond donors (Lipinski definition) is 0. The lowest BCUT2D eigenvalue weighted by Crippen LogP contribution is -2.35. The highest BCUT2D eigenvalue weighted by Crippen LogP contribution is 2.21. The molecular weight excluding hydrogens is 350 g/mol. The van der Waals surface area contributed by atoms with Gasteiger partial charge in [0.25, 0.3) is 0 Å². The van der Waals surface area contributed by atoms with Gasteiger partial charge in [0.05, 0.1) is 15.2 Å². The number of hydrogen-bond acceptors (Lipinski definition) is 8. The molecule has 8 nitrogen and oxygen atoms in total. The van der Waals surface area contributed by atoms with E-state index in [1.54, 1.807) is 10.2 Å². The van der Waals surface area contributed by atoms with E-state index in [4.69, 9.17) is 0 Å². The van der Waals surface area contributed by atoms with Crippen LogP contribution in [0.4, 0.5) is 16.5 Å². The van der Waals surface area contributed by atoms with E-state index in [0.29, 0.717) is 24.5 Å². The van der Waals surface area contributed by atoms with E-state index in [1.807, 2.05) is 43.3 Å². The molecule has 0 aliphatic rings.